The van der Waals surface area contributed by atoms with E-state index in [-0.39, 0.29) is 11.8 Å². The number of fused-ring (bicyclic) bond motifs is 1. The largest absolute Gasteiger partial charge is 0.437 e. The molecular formula is C24H19ClN4O2. The van der Waals surface area contributed by atoms with Crippen molar-refractivity contribution in [1.82, 2.24) is 19.7 Å². The summed E-state index contributed by atoms with van der Waals surface area (Å²) >= 11 is 6.17. The molecule has 6 nitrogen and oxygen atoms in total. The number of aryl methyl sites for hydroxylation is 1. The van der Waals surface area contributed by atoms with Crippen LogP contribution in [0.15, 0.2) is 73.2 Å². The van der Waals surface area contributed by atoms with Gasteiger partial charge in [0.25, 0.3) is 5.91 Å². The van der Waals surface area contributed by atoms with E-state index in [9.17, 15) is 4.79 Å². The van der Waals surface area contributed by atoms with Crippen molar-refractivity contribution in [2.24, 2.45) is 7.05 Å². The summed E-state index contributed by atoms with van der Waals surface area (Å²) < 4.78 is 7.67. The zero-order chi connectivity index (χ0) is 21.4. The Labute approximate surface area is 184 Å². The molecule has 1 amide bonds. The minimum Gasteiger partial charge on any atom is -0.437 e. The molecule has 0 radical (unpaired) electrons. The number of hydrogen-bond donors (Lipinski definition) is 0. The highest BCUT2D eigenvalue weighted by Gasteiger charge is 2.31. The van der Waals surface area contributed by atoms with Gasteiger partial charge in [0.1, 0.15) is 10.8 Å². The molecule has 0 atom stereocenters. The van der Waals surface area contributed by atoms with Crippen LogP contribution in [0.5, 0.6) is 11.6 Å². The number of hydrogen-bond acceptors (Lipinski definition) is 4. The normalized spacial score (nSPS) is 12.8. The van der Waals surface area contributed by atoms with Gasteiger partial charge >= 0.3 is 0 Å². The third-order valence-electron chi connectivity index (χ3n) is 5.27. The summed E-state index contributed by atoms with van der Waals surface area (Å²) in [6, 6.07) is 17.2. The van der Waals surface area contributed by atoms with Crippen LogP contribution < -0.4 is 4.74 Å². The molecule has 0 unspecified atom stereocenters. The second-order valence-electron chi connectivity index (χ2n) is 7.44. The number of nitrogens with zero attached hydrogens (tertiary/aromatic N) is 4. The molecule has 0 N–H and O–H groups in total. The zero-order valence-corrected chi connectivity index (χ0v) is 17.6. The van der Waals surface area contributed by atoms with Crippen LogP contribution in [0.25, 0.3) is 11.1 Å². The van der Waals surface area contributed by atoms with Gasteiger partial charge in [-0.1, -0.05) is 48.0 Å². The SMILES string of the molecule is Cn1cc(-c2ccc(CN3Cc4cccc(Oc5ncccc5Cl)c4C3=O)cc2)cn1. The predicted octanol–water partition coefficient (Wildman–Crippen LogP) is 5.08. The van der Waals surface area contributed by atoms with E-state index in [0.29, 0.717) is 29.4 Å². The summed E-state index contributed by atoms with van der Waals surface area (Å²) in [6.07, 6.45) is 5.42. The molecule has 154 valence electrons. The molecule has 5 rings (SSSR count). The fourth-order valence-electron chi connectivity index (χ4n) is 3.74. The number of aromatic nitrogens is 3. The Balaban J connectivity index is 1.35. The highest BCUT2D eigenvalue weighted by atomic mass is 35.5. The molecule has 0 fully saturated rings. The average Bonchev–Trinajstić information content (AvgIpc) is 3.34. The van der Waals surface area contributed by atoms with Crippen molar-refractivity contribution in [3.05, 3.63) is 94.9 Å². The first-order valence-corrected chi connectivity index (χ1v) is 10.2. The molecule has 0 saturated carbocycles. The van der Waals surface area contributed by atoms with Gasteiger partial charge < -0.3 is 9.64 Å². The van der Waals surface area contributed by atoms with E-state index in [1.165, 1.54) is 0 Å². The second-order valence-corrected chi connectivity index (χ2v) is 7.85. The van der Waals surface area contributed by atoms with Crippen LogP contribution in [0.2, 0.25) is 5.02 Å². The van der Waals surface area contributed by atoms with Gasteiger partial charge in [0, 0.05) is 38.1 Å². The molecule has 0 aliphatic carbocycles. The van der Waals surface area contributed by atoms with Gasteiger partial charge in [-0.15, -0.1) is 0 Å². The quantitative estimate of drug-likeness (QED) is 0.442. The molecular weight excluding hydrogens is 412 g/mol. The van der Waals surface area contributed by atoms with Crippen molar-refractivity contribution in [3.8, 4) is 22.8 Å². The van der Waals surface area contributed by atoms with Crippen LogP contribution in [-0.4, -0.2) is 25.6 Å². The maximum absolute atomic E-state index is 13.2. The summed E-state index contributed by atoms with van der Waals surface area (Å²) in [5, 5.41) is 4.61. The zero-order valence-electron chi connectivity index (χ0n) is 16.8. The number of benzene rings is 2. The fraction of sp³-hybridized carbons (Fsp3) is 0.125. The highest BCUT2D eigenvalue weighted by molar-refractivity contribution is 6.31. The first-order chi connectivity index (χ1) is 15.1. The summed E-state index contributed by atoms with van der Waals surface area (Å²) in [6.45, 7) is 1.05. The Kier molecular flexibility index (Phi) is 4.92. The fourth-order valence-corrected chi connectivity index (χ4v) is 3.90. The second kappa shape index (κ2) is 7.89. The number of halogens is 1. The summed E-state index contributed by atoms with van der Waals surface area (Å²) in [5.74, 6) is 0.696. The number of carbonyl (C=O) groups is 1. The van der Waals surface area contributed by atoms with Gasteiger partial charge in [0.15, 0.2) is 0 Å². The molecule has 7 heteroatoms. The monoisotopic (exact) mass is 430 g/mol. The van der Waals surface area contributed by atoms with Gasteiger partial charge in [0.2, 0.25) is 5.88 Å². The molecule has 1 aliphatic rings. The lowest BCUT2D eigenvalue weighted by atomic mass is 10.1. The van der Waals surface area contributed by atoms with E-state index in [1.54, 1.807) is 29.1 Å². The third-order valence-corrected chi connectivity index (χ3v) is 5.56. The maximum atomic E-state index is 13.2. The number of rotatable bonds is 5. The Morgan fingerprint density at radius 1 is 1.06 bits per heavy atom. The van der Waals surface area contributed by atoms with E-state index in [0.717, 1.165) is 22.3 Å². The number of amides is 1. The Hall–Kier alpha value is -3.64. The highest BCUT2D eigenvalue weighted by Crippen LogP contribution is 2.35. The number of ether oxygens (including phenoxy) is 1. The topological polar surface area (TPSA) is 60.2 Å². The third kappa shape index (κ3) is 3.78. The van der Waals surface area contributed by atoms with Gasteiger partial charge in [-0.25, -0.2) is 4.98 Å². The van der Waals surface area contributed by atoms with Gasteiger partial charge in [-0.3, -0.25) is 9.48 Å². The molecule has 1 aliphatic heterocycles. The van der Waals surface area contributed by atoms with E-state index in [2.05, 4.69) is 22.2 Å². The molecule has 2 aromatic carbocycles. The van der Waals surface area contributed by atoms with Gasteiger partial charge in [-0.05, 0) is 34.9 Å². The van der Waals surface area contributed by atoms with E-state index in [4.69, 9.17) is 16.3 Å². The van der Waals surface area contributed by atoms with Crippen LogP contribution >= 0.6 is 11.6 Å². The number of carbonyl (C=O) groups excluding carboxylic acids is 1. The van der Waals surface area contributed by atoms with E-state index >= 15 is 0 Å². The maximum Gasteiger partial charge on any atom is 0.258 e. The van der Waals surface area contributed by atoms with Crippen LogP contribution in [0.3, 0.4) is 0 Å². The lowest BCUT2D eigenvalue weighted by molar-refractivity contribution is 0.0765. The lowest BCUT2D eigenvalue weighted by Crippen LogP contribution is -2.23. The van der Waals surface area contributed by atoms with Gasteiger partial charge in [-0.2, -0.15) is 5.10 Å². The first-order valence-electron chi connectivity index (χ1n) is 9.86. The minimum absolute atomic E-state index is 0.0611. The van der Waals surface area contributed by atoms with Gasteiger partial charge in [0.05, 0.1) is 11.8 Å². The van der Waals surface area contributed by atoms with Crippen molar-refractivity contribution in [2.45, 2.75) is 13.1 Å². The predicted molar refractivity (Wildman–Crippen MR) is 118 cm³/mol. The van der Waals surface area contributed by atoms with Crippen molar-refractivity contribution in [3.63, 3.8) is 0 Å². The Morgan fingerprint density at radius 3 is 2.65 bits per heavy atom. The van der Waals surface area contributed by atoms with Crippen LogP contribution in [0.1, 0.15) is 21.5 Å². The summed E-state index contributed by atoms with van der Waals surface area (Å²) in [7, 11) is 1.90. The Bertz CT molecular complexity index is 1270. The van der Waals surface area contributed by atoms with Crippen molar-refractivity contribution < 1.29 is 9.53 Å². The Morgan fingerprint density at radius 2 is 1.90 bits per heavy atom. The van der Waals surface area contributed by atoms with Crippen LogP contribution in [0, 0.1) is 0 Å². The summed E-state index contributed by atoms with van der Waals surface area (Å²) in [5.41, 5.74) is 4.71. The first kappa shape index (κ1) is 19.3. The lowest BCUT2D eigenvalue weighted by Gasteiger charge is -2.16. The summed E-state index contributed by atoms with van der Waals surface area (Å²) in [4.78, 5) is 19.1. The molecule has 31 heavy (non-hydrogen) atoms. The standard InChI is InChI=1S/C24H19ClN4O2/c1-28-14-19(12-27-28)17-9-7-16(8-10-17)13-29-15-18-4-2-6-21(22(18)24(29)30)31-23-20(25)5-3-11-26-23/h2-12,14H,13,15H2,1H3. The average molecular weight is 431 g/mol. The van der Waals surface area contributed by atoms with E-state index < -0.39 is 0 Å². The van der Waals surface area contributed by atoms with Crippen molar-refractivity contribution >= 4 is 17.5 Å². The van der Waals surface area contributed by atoms with E-state index in [1.807, 2.05) is 48.6 Å². The molecule has 2 aromatic heterocycles. The minimum atomic E-state index is -0.0611. The smallest absolute Gasteiger partial charge is 0.258 e. The van der Waals surface area contributed by atoms with Crippen LogP contribution in [0.4, 0.5) is 0 Å². The molecule has 0 bridgehead atoms. The molecule has 4 aromatic rings. The molecule has 0 spiro atoms. The molecule has 3 heterocycles. The van der Waals surface area contributed by atoms with Crippen molar-refractivity contribution in [1.29, 1.82) is 0 Å². The number of pyridine rings is 1. The van der Waals surface area contributed by atoms with Crippen molar-refractivity contribution in [2.75, 3.05) is 0 Å². The van der Waals surface area contributed by atoms with Crippen LogP contribution in [-0.2, 0) is 20.1 Å². The molecule has 0 saturated heterocycles.